The van der Waals surface area contributed by atoms with Crippen molar-refractivity contribution in [3.05, 3.63) is 19.2 Å². The summed E-state index contributed by atoms with van der Waals surface area (Å²) >= 11 is 8.88. The summed E-state index contributed by atoms with van der Waals surface area (Å²) in [6.45, 7) is 2.13. The number of hydrogen-bond donors (Lipinski definition) is 2. The highest BCUT2D eigenvalue weighted by Gasteiger charge is 2.16. The van der Waals surface area contributed by atoms with Gasteiger partial charge in [0, 0.05) is 9.35 Å². The maximum absolute atomic E-state index is 8.36. The Labute approximate surface area is 116 Å². The van der Waals surface area contributed by atoms with Crippen LogP contribution >= 0.6 is 43.2 Å². The third-order valence-electron chi connectivity index (χ3n) is 2.35. The van der Waals surface area contributed by atoms with Crippen LogP contribution in [0.5, 0.6) is 0 Å². The van der Waals surface area contributed by atoms with Gasteiger partial charge in [0.1, 0.15) is 0 Å². The molecule has 1 unspecified atom stereocenters. The number of carboxylic acid groups (broad SMARTS) is 1. The van der Waals surface area contributed by atoms with Gasteiger partial charge in [-0.1, -0.05) is 0 Å². The van der Waals surface area contributed by atoms with Crippen LogP contribution in [0.15, 0.2) is 14.3 Å². The van der Waals surface area contributed by atoms with Crippen LogP contribution in [0.3, 0.4) is 0 Å². The molecule has 1 fully saturated rings. The van der Waals surface area contributed by atoms with Crippen molar-refractivity contribution in [2.45, 2.75) is 12.8 Å². The van der Waals surface area contributed by atoms with Gasteiger partial charge in [0.15, 0.2) is 0 Å². The van der Waals surface area contributed by atoms with E-state index in [-0.39, 0.29) is 6.47 Å². The topological polar surface area (TPSA) is 49.3 Å². The van der Waals surface area contributed by atoms with Crippen LogP contribution in [0.1, 0.15) is 11.3 Å². The first kappa shape index (κ1) is 14.2. The predicted molar refractivity (Wildman–Crippen MR) is 73.1 cm³/mol. The number of nitrogens with one attached hydrogen (secondary N) is 1. The van der Waals surface area contributed by atoms with Gasteiger partial charge in [-0.2, -0.15) is 0 Å². The summed E-state index contributed by atoms with van der Waals surface area (Å²) in [6.07, 6.45) is 2.55. The van der Waals surface area contributed by atoms with E-state index in [4.69, 9.17) is 9.90 Å². The van der Waals surface area contributed by atoms with Crippen LogP contribution in [-0.4, -0.2) is 24.7 Å². The second-order valence-electron chi connectivity index (χ2n) is 3.50. The van der Waals surface area contributed by atoms with Gasteiger partial charge >= 0.3 is 0 Å². The van der Waals surface area contributed by atoms with Crippen LogP contribution in [0.4, 0.5) is 0 Å². The summed E-state index contributed by atoms with van der Waals surface area (Å²) < 4.78 is 2.41. The molecule has 0 spiro atoms. The maximum Gasteiger partial charge on any atom is 0.290 e. The Bertz CT molecular complexity index is 318. The molecule has 2 rings (SSSR count). The van der Waals surface area contributed by atoms with Gasteiger partial charge in [-0.15, -0.1) is 11.3 Å². The fourth-order valence-corrected chi connectivity index (χ4v) is 3.96. The first-order valence-corrected chi connectivity index (χ1v) is 7.30. The molecular weight excluding hydrogens is 358 g/mol. The van der Waals surface area contributed by atoms with Crippen molar-refractivity contribution in [2.75, 3.05) is 13.1 Å². The molecule has 0 radical (unpaired) electrons. The van der Waals surface area contributed by atoms with Crippen molar-refractivity contribution >= 4 is 49.7 Å². The third kappa shape index (κ3) is 4.53. The van der Waals surface area contributed by atoms with Crippen molar-refractivity contribution < 1.29 is 9.90 Å². The Hall–Kier alpha value is 0.0900. The van der Waals surface area contributed by atoms with Crippen molar-refractivity contribution in [3.63, 3.8) is 0 Å². The summed E-state index contributed by atoms with van der Waals surface area (Å²) in [5.74, 6) is 0.845. The Morgan fingerprint density at radius 3 is 2.75 bits per heavy atom. The quantitative estimate of drug-likeness (QED) is 0.786. The van der Waals surface area contributed by atoms with E-state index in [0.717, 1.165) is 5.92 Å². The molecule has 1 aromatic rings. The standard InChI is InChI=1S/C9H11Br2NS.CH2O2/c10-8-4-7(13-9(8)11)3-6-1-2-12-5-6;2-1-3/h4,6,12H,1-3,5H2;1H,(H,2,3). The fourth-order valence-electron chi connectivity index (χ4n) is 1.67. The van der Waals surface area contributed by atoms with Gasteiger partial charge in [-0.3, -0.25) is 4.79 Å². The molecule has 6 heteroatoms. The molecule has 16 heavy (non-hydrogen) atoms. The monoisotopic (exact) mass is 369 g/mol. The van der Waals surface area contributed by atoms with Crippen molar-refractivity contribution in [1.82, 2.24) is 5.32 Å². The first-order chi connectivity index (χ1) is 7.67. The van der Waals surface area contributed by atoms with Gasteiger partial charge < -0.3 is 10.4 Å². The highest BCUT2D eigenvalue weighted by atomic mass is 79.9. The van der Waals surface area contributed by atoms with E-state index in [2.05, 4.69) is 43.2 Å². The maximum atomic E-state index is 8.36. The van der Waals surface area contributed by atoms with Crippen molar-refractivity contribution in [1.29, 1.82) is 0 Å². The zero-order valence-electron chi connectivity index (χ0n) is 8.58. The molecule has 0 aliphatic carbocycles. The van der Waals surface area contributed by atoms with E-state index in [0.29, 0.717) is 0 Å². The zero-order chi connectivity index (χ0) is 12.0. The molecular formula is C10H13Br2NO2S. The van der Waals surface area contributed by atoms with Gasteiger partial charge in [0.05, 0.1) is 3.79 Å². The summed E-state index contributed by atoms with van der Waals surface area (Å²) in [6, 6.07) is 2.23. The summed E-state index contributed by atoms with van der Waals surface area (Å²) in [5.41, 5.74) is 0. The lowest BCUT2D eigenvalue weighted by molar-refractivity contribution is -0.122. The van der Waals surface area contributed by atoms with E-state index < -0.39 is 0 Å². The predicted octanol–water partition coefficient (Wildman–Crippen LogP) is 3.13. The van der Waals surface area contributed by atoms with Gasteiger partial charge in [0.2, 0.25) is 0 Å². The summed E-state index contributed by atoms with van der Waals surface area (Å²) in [4.78, 5) is 9.84. The average molecular weight is 371 g/mol. The summed E-state index contributed by atoms with van der Waals surface area (Å²) in [5, 5.41) is 10.3. The molecule has 1 saturated heterocycles. The molecule has 1 aliphatic heterocycles. The lowest BCUT2D eigenvalue weighted by Gasteiger charge is -2.04. The number of hydrogen-bond acceptors (Lipinski definition) is 3. The van der Waals surface area contributed by atoms with Crippen molar-refractivity contribution in [3.8, 4) is 0 Å². The minimum absolute atomic E-state index is 0.250. The summed E-state index contributed by atoms with van der Waals surface area (Å²) in [7, 11) is 0. The minimum atomic E-state index is -0.250. The third-order valence-corrected chi connectivity index (χ3v) is 5.63. The SMILES string of the molecule is Brc1cc(CC2CCNC2)sc1Br.O=CO. The molecule has 0 saturated carbocycles. The highest BCUT2D eigenvalue weighted by molar-refractivity contribution is 9.13. The molecule has 0 aromatic carbocycles. The number of halogens is 2. The zero-order valence-corrected chi connectivity index (χ0v) is 12.6. The molecule has 1 atom stereocenters. The van der Waals surface area contributed by atoms with Gasteiger partial charge in [0.25, 0.3) is 6.47 Å². The average Bonchev–Trinajstić information content (AvgIpc) is 2.80. The van der Waals surface area contributed by atoms with E-state index in [1.807, 2.05) is 11.3 Å². The normalized spacial score (nSPS) is 19.0. The molecule has 1 aliphatic rings. The number of carbonyl (C=O) groups is 1. The molecule has 0 bridgehead atoms. The number of thiophene rings is 1. The van der Waals surface area contributed by atoms with Crippen LogP contribution in [-0.2, 0) is 11.2 Å². The molecule has 3 nitrogen and oxygen atoms in total. The molecule has 2 heterocycles. The largest absolute Gasteiger partial charge is 0.483 e. The fraction of sp³-hybridized carbons (Fsp3) is 0.500. The van der Waals surface area contributed by atoms with Crippen LogP contribution < -0.4 is 5.32 Å². The molecule has 2 N–H and O–H groups in total. The van der Waals surface area contributed by atoms with Crippen molar-refractivity contribution in [2.24, 2.45) is 5.92 Å². The highest BCUT2D eigenvalue weighted by Crippen LogP contribution is 2.34. The Balaban J connectivity index is 0.000000386. The van der Waals surface area contributed by atoms with Gasteiger partial charge in [-0.05, 0) is 69.8 Å². The minimum Gasteiger partial charge on any atom is -0.483 e. The Morgan fingerprint density at radius 2 is 2.31 bits per heavy atom. The van der Waals surface area contributed by atoms with E-state index >= 15 is 0 Å². The van der Waals surface area contributed by atoms with Gasteiger partial charge in [-0.25, -0.2) is 0 Å². The van der Waals surface area contributed by atoms with E-state index in [1.165, 1.54) is 39.1 Å². The smallest absolute Gasteiger partial charge is 0.290 e. The second kappa shape index (κ2) is 7.42. The molecule has 0 amide bonds. The van der Waals surface area contributed by atoms with E-state index in [1.54, 1.807) is 0 Å². The molecule has 90 valence electrons. The number of rotatable bonds is 2. The Morgan fingerprint density at radius 1 is 1.62 bits per heavy atom. The lowest BCUT2D eigenvalue weighted by Crippen LogP contribution is -2.10. The van der Waals surface area contributed by atoms with Crippen LogP contribution in [0, 0.1) is 5.92 Å². The van der Waals surface area contributed by atoms with E-state index in [9.17, 15) is 0 Å². The second-order valence-corrected chi connectivity index (χ2v) is 6.81. The van der Waals surface area contributed by atoms with Crippen LogP contribution in [0.2, 0.25) is 0 Å². The van der Waals surface area contributed by atoms with Crippen LogP contribution in [0.25, 0.3) is 0 Å². The molecule has 1 aromatic heterocycles. The first-order valence-electron chi connectivity index (χ1n) is 4.89. The Kier molecular flexibility index (Phi) is 6.57. The lowest BCUT2D eigenvalue weighted by atomic mass is 10.0.